The lowest BCUT2D eigenvalue weighted by molar-refractivity contribution is -0.118. The second kappa shape index (κ2) is 6.39. The third kappa shape index (κ3) is 3.85. The summed E-state index contributed by atoms with van der Waals surface area (Å²) in [7, 11) is 1.74. The summed E-state index contributed by atoms with van der Waals surface area (Å²) < 4.78 is 6.32. The zero-order valence-corrected chi connectivity index (χ0v) is 11.2. The van der Waals surface area contributed by atoms with E-state index in [0.717, 1.165) is 0 Å². The number of alkyl carbamates (subject to hydrolysis) is 1. The van der Waals surface area contributed by atoms with Crippen molar-refractivity contribution >= 4 is 27.8 Å². The first-order valence-corrected chi connectivity index (χ1v) is 6.21. The van der Waals surface area contributed by atoms with Gasteiger partial charge in [0.25, 0.3) is 0 Å². The van der Waals surface area contributed by atoms with Gasteiger partial charge in [0.05, 0.1) is 18.1 Å². The Morgan fingerprint density at radius 1 is 1.65 bits per heavy atom. The van der Waals surface area contributed by atoms with E-state index in [1.165, 1.54) is 6.20 Å². The second-order valence-corrected chi connectivity index (χ2v) is 3.91. The molecule has 7 heteroatoms. The van der Waals surface area contributed by atoms with Crippen LogP contribution in [0.1, 0.15) is 18.5 Å². The van der Waals surface area contributed by atoms with Crippen LogP contribution in [0.15, 0.2) is 12.4 Å². The molecule has 17 heavy (non-hydrogen) atoms. The molecule has 1 heterocycles. The first-order chi connectivity index (χ1) is 8.08. The van der Waals surface area contributed by atoms with Gasteiger partial charge >= 0.3 is 6.09 Å². The van der Waals surface area contributed by atoms with Crippen LogP contribution >= 0.6 is 15.9 Å². The van der Waals surface area contributed by atoms with Crippen LogP contribution in [0.5, 0.6) is 0 Å². The molecule has 0 radical (unpaired) electrons. The minimum Gasteiger partial charge on any atom is -0.450 e. The number of halogens is 1. The maximum atomic E-state index is 11.7. The first-order valence-electron chi connectivity index (χ1n) is 5.09. The largest absolute Gasteiger partial charge is 0.450 e. The third-order valence-corrected chi connectivity index (χ3v) is 2.60. The van der Waals surface area contributed by atoms with Gasteiger partial charge < -0.3 is 10.1 Å². The van der Waals surface area contributed by atoms with E-state index in [2.05, 4.69) is 26.3 Å². The van der Waals surface area contributed by atoms with Gasteiger partial charge in [0.15, 0.2) is 5.78 Å². The van der Waals surface area contributed by atoms with Gasteiger partial charge in [-0.25, -0.2) is 4.79 Å². The summed E-state index contributed by atoms with van der Waals surface area (Å²) in [5.41, 5.74) is 0.630. The normalized spacial score (nSPS) is 11.9. The molecule has 1 N–H and O–H groups in total. The molecule has 1 atom stereocenters. The molecule has 1 aromatic rings. The second-order valence-electron chi connectivity index (χ2n) is 3.35. The maximum absolute atomic E-state index is 11.7. The van der Waals surface area contributed by atoms with E-state index >= 15 is 0 Å². The molecule has 1 amide bonds. The Kier molecular flexibility index (Phi) is 5.14. The molecule has 0 saturated heterocycles. The van der Waals surface area contributed by atoms with Crippen molar-refractivity contribution in [3.8, 4) is 0 Å². The molecule has 0 aliphatic carbocycles. The van der Waals surface area contributed by atoms with Gasteiger partial charge in [0.1, 0.15) is 6.04 Å². The molecular weight excluding hydrogens is 290 g/mol. The van der Waals surface area contributed by atoms with Crippen molar-refractivity contribution in [1.29, 1.82) is 0 Å². The molecule has 6 nitrogen and oxygen atoms in total. The molecule has 0 saturated carbocycles. The topological polar surface area (TPSA) is 73.2 Å². The van der Waals surface area contributed by atoms with Crippen molar-refractivity contribution in [2.24, 2.45) is 7.05 Å². The highest BCUT2D eigenvalue weighted by Gasteiger charge is 2.23. The summed E-state index contributed by atoms with van der Waals surface area (Å²) >= 11 is 3.08. The Hall–Kier alpha value is -1.37. The Morgan fingerprint density at radius 2 is 2.35 bits per heavy atom. The number of aromatic nitrogens is 2. The lowest BCUT2D eigenvalue weighted by Crippen LogP contribution is -2.34. The van der Waals surface area contributed by atoms with Gasteiger partial charge in [-0.2, -0.15) is 5.10 Å². The number of amides is 1. The van der Waals surface area contributed by atoms with E-state index < -0.39 is 12.1 Å². The van der Waals surface area contributed by atoms with Crippen molar-refractivity contribution in [2.75, 3.05) is 11.9 Å². The van der Waals surface area contributed by atoms with Crippen molar-refractivity contribution in [1.82, 2.24) is 15.1 Å². The van der Waals surface area contributed by atoms with Gasteiger partial charge in [0, 0.05) is 18.8 Å². The number of rotatable bonds is 5. The van der Waals surface area contributed by atoms with Gasteiger partial charge in [0.2, 0.25) is 0 Å². The van der Waals surface area contributed by atoms with Crippen LogP contribution in [0, 0.1) is 0 Å². The Labute approximate surface area is 107 Å². The quantitative estimate of drug-likeness (QED) is 0.829. The van der Waals surface area contributed by atoms with Crippen molar-refractivity contribution in [2.45, 2.75) is 13.0 Å². The van der Waals surface area contributed by atoms with E-state index in [0.29, 0.717) is 5.56 Å². The number of ketones is 1. The fraction of sp³-hybridized carbons (Fsp3) is 0.500. The molecule has 0 aliphatic heterocycles. The van der Waals surface area contributed by atoms with Gasteiger partial charge in [-0.1, -0.05) is 15.9 Å². The number of aryl methyl sites for hydroxylation is 1. The van der Waals surface area contributed by atoms with E-state index in [9.17, 15) is 9.59 Å². The minimum absolute atomic E-state index is 0.152. The van der Waals surface area contributed by atoms with E-state index in [1.54, 1.807) is 24.9 Å². The number of hydrogen-bond donors (Lipinski definition) is 1. The summed E-state index contributed by atoms with van der Waals surface area (Å²) in [6, 6.07) is -0.734. The highest BCUT2D eigenvalue weighted by Crippen LogP contribution is 2.14. The third-order valence-electron chi connectivity index (χ3n) is 2.05. The Bertz CT molecular complexity index is 405. The molecular formula is C10H14BrN3O3. The highest BCUT2D eigenvalue weighted by molar-refractivity contribution is 9.09. The van der Waals surface area contributed by atoms with Gasteiger partial charge in [-0.05, 0) is 6.92 Å². The number of carbonyl (C=O) groups is 2. The fourth-order valence-electron chi connectivity index (χ4n) is 1.31. The van der Waals surface area contributed by atoms with Crippen molar-refractivity contribution in [3.05, 3.63) is 18.0 Å². The number of hydrogen-bond acceptors (Lipinski definition) is 4. The monoisotopic (exact) mass is 303 g/mol. The minimum atomic E-state index is -0.734. The number of nitrogens with zero attached hydrogens (tertiary/aromatic N) is 2. The van der Waals surface area contributed by atoms with Crippen LogP contribution in [-0.2, 0) is 16.6 Å². The van der Waals surface area contributed by atoms with Crippen LogP contribution in [0.25, 0.3) is 0 Å². The Morgan fingerprint density at radius 3 is 2.82 bits per heavy atom. The van der Waals surface area contributed by atoms with E-state index in [-0.39, 0.29) is 17.7 Å². The zero-order valence-electron chi connectivity index (χ0n) is 9.64. The van der Waals surface area contributed by atoms with Crippen LogP contribution < -0.4 is 5.32 Å². The van der Waals surface area contributed by atoms with Crippen molar-refractivity contribution < 1.29 is 14.3 Å². The summed E-state index contributed by atoms with van der Waals surface area (Å²) in [6.45, 7) is 1.96. The fourth-order valence-corrected chi connectivity index (χ4v) is 1.63. The average molecular weight is 304 g/mol. The first kappa shape index (κ1) is 13.7. The van der Waals surface area contributed by atoms with Gasteiger partial charge in [-0.15, -0.1) is 0 Å². The van der Waals surface area contributed by atoms with E-state index in [1.807, 2.05) is 0 Å². The average Bonchev–Trinajstić information content (AvgIpc) is 2.72. The number of alkyl halides is 1. The molecule has 0 fully saturated rings. The summed E-state index contributed by atoms with van der Waals surface area (Å²) in [5.74, 6) is -0.161. The lowest BCUT2D eigenvalue weighted by atomic mass is 10.1. The molecule has 1 aromatic heterocycles. The maximum Gasteiger partial charge on any atom is 0.407 e. The van der Waals surface area contributed by atoms with Crippen LogP contribution in [0.4, 0.5) is 4.79 Å². The van der Waals surface area contributed by atoms with Crippen LogP contribution in [0.2, 0.25) is 0 Å². The number of Topliss-reactive ketones (excluding diaryl/α,β-unsaturated/α-hetero) is 1. The molecule has 1 unspecified atom stereocenters. The molecule has 0 aromatic carbocycles. The number of ether oxygens (including phenoxy) is 1. The predicted molar refractivity (Wildman–Crippen MR) is 64.9 cm³/mol. The molecule has 0 aliphatic rings. The van der Waals surface area contributed by atoms with Gasteiger partial charge in [-0.3, -0.25) is 9.48 Å². The smallest absolute Gasteiger partial charge is 0.407 e. The molecule has 1 rings (SSSR count). The van der Waals surface area contributed by atoms with Crippen LogP contribution in [0.3, 0.4) is 0 Å². The Balaban J connectivity index is 2.81. The SMILES string of the molecule is CCOC(=O)NC(C(=O)CBr)c1cnn(C)c1. The summed E-state index contributed by atoms with van der Waals surface area (Å²) in [4.78, 5) is 23.0. The number of nitrogens with one attached hydrogen (secondary N) is 1. The lowest BCUT2D eigenvalue weighted by Gasteiger charge is -2.14. The molecule has 0 bridgehead atoms. The van der Waals surface area contributed by atoms with E-state index in [4.69, 9.17) is 4.74 Å². The highest BCUT2D eigenvalue weighted by atomic mass is 79.9. The number of carbonyl (C=O) groups excluding carboxylic acids is 2. The standard InChI is InChI=1S/C10H14BrN3O3/c1-3-17-10(16)13-9(8(15)4-11)7-5-12-14(2)6-7/h5-6,9H,3-4H2,1-2H3,(H,13,16). The summed E-state index contributed by atoms with van der Waals surface area (Å²) in [6.07, 6.45) is 2.60. The summed E-state index contributed by atoms with van der Waals surface area (Å²) in [5, 5.41) is 6.62. The molecule has 94 valence electrons. The molecule has 0 spiro atoms. The zero-order chi connectivity index (χ0) is 12.8. The van der Waals surface area contributed by atoms with Crippen molar-refractivity contribution in [3.63, 3.8) is 0 Å². The van der Waals surface area contributed by atoms with Crippen LogP contribution in [-0.4, -0.2) is 33.6 Å². The predicted octanol–water partition coefficient (Wildman–Crippen LogP) is 1.17.